The van der Waals surface area contributed by atoms with Crippen LogP contribution in [0.1, 0.15) is 17.4 Å². The van der Waals surface area contributed by atoms with Crippen molar-refractivity contribution in [1.82, 2.24) is 0 Å². The maximum absolute atomic E-state index is 5.89. The predicted octanol–water partition coefficient (Wildman–Crippen LogP) is 3.87. The fourth-order valence-electron chi connectivity index (χ4n) is 1.65. The van der Waals surface area contributed by atoms with Gasteiger partial charge in [-0.1, -0.05) is 13.0 Å². The molecule has 0 atom stereocenters. The fourth-order valence-corrected chi connectivity index (χ4v) is 2.52. The summed E-state index contributed by atoms with van der Waals surface area (Å²) in [6.45, 7) is 4.27. The lowest BCUT2D eigenvalue weighted by Crippen LogP contribution is -1.92. The van der Waals surface area contributed by atoms with Gasteiger partial charge >= 0.3 is 0 Å². The average molecular weight is 217 g/mol. The Balaban J connectivity index is 2.45. The van der Waals surface area contributed by atoms with Gasteiger partial charge in [-0.3, -0.25) is 0 Å². The molecule has 2 aromatic rings. The summed E-state index contributed by atoms with van der Waals surface area (Å²) < 4.78 is 0. The van der Waals surface area contributed by atoms with E-state index in [2.05, 4.69) is 38.1 Å². The van der Waals surface area contributed by atoms with Crippen LogP contribution in [0.2, 0.25) is 0 Å². The molecule has 1 aromatic heterocycles. The molecule has 0 saturated heterocycles. The lowest BCUT2D eigenvalue weighted by Gasteiger charge is -2.05. The number of anilines is 1. The summed E-state index contributed by atoms with van der Waals surface area (Å²) in [5.41, 5.74) is 9.30. The van der Waals surface area contributed by atoms with Crippen LogP contribution >= 0.6 is 11.3 Å². The molecule has 2 N–H and O–H groups in total. The van der Waals surface area contributed by atoms with Crippen molar-refractivity contribution in [3.8, 4) is 10.4 Å². The van der Waals surface area contributed by atoms with Gasteiger partial charge in [0.2, 0.25) is 0 Å². The van der Waals surface area contributed by atoms with E-state index in [1.54, 1.807) is 0 Å². The second kappa shape index (κ2) is 4.07. The summed E-state index contributed by atoms with van der Waals surface area (Å²) in [5.74, 6) is 0. The number of nitrogen functional groups attached to an aromatic ring is 1. The van der Waals surface area contributed by atoms with E-state index in [1.165, 1.54) is 20.9 Å². The zero-order chi connectivity index (χ0) is 10.8. The van der Waals surface area contributed by atoms with Crippen molar-refractivity contribution >= 4 is 17.0 Å². The van der Waals surface area contributed by atoms with Crippen LogP contribution in [0.5, 0.6) is 0 Å². The Morgan fingerprint density at radius 3 is 2.60 bits per heavy atom. The molecule has 0 spiro atoms. The van der Waals surface area contributed by atoms with Crippen LogP contribution in [0, 0.1) is 6.92 Å². The number of hydrogen-bond acceptors (Lipinski definition) is 2. The molecular weight excluding hydrogens is 202 g/mol. The Bertz CT molecular complexity index is 471. The van der Waals surface area contributed by atoms with E-state index >= 15 is 0 Å². The Morgan fingerprint density at radius 1 is 1.20 bits per heavy atom. The minimum atomic E-state index is 0.898. The molecule has 15 heavy (non-hydrogen) atoms. The van der Waals surface area contributed by atoms with Gasteiger partial charge in [0.05, 0.1) is 0 Å². The number of nitrogens with two attached hydrogens (primary N) is 1. The minimum absolute atomic E-state index is 0.898. The molecule has 1 aromatic carbocycles. The van der Waals surface area contributed by atoms with E-state index in [9.17, 15) is 0 Å². The summed E-state index contributed by atoms with van der Waals surface area (Å²) in [6, 6.07) is 10.6. The Labute approximate surface area is 94.6 Å². The zero-order valence-corrected chi connectivity index (χ0v) is 9.90. The van der Waals surface area contributed by atoms with Crippen LogP contribution < -0.4 is 5.73 Å². The van der Waals surface area contributed by atoms with E-state index in [0.717, 1.165) is 12.1 Å². The standard InChI is InChI=1S/C13H15NS/c1-3-10-8-11(5-6-12(10)14)13-7-4-9(2)15-13/h4-8H,3,14H2,1-2H3. The van der Waals surface area contributed by atoms with E-state index < -0.39 is 0 Å². The summed E-state index contributed by atoms with van der Waals surface area (Å²) in [6.07, 6.45) is 0.990. The summed E-state index contributed by atoms with van der Waals surface area (Å²) in [7, 11) is 0. The molecular formula is C13H15NS. The number of hydrogen-bond donors (Lipinski definition) is 1. The van der Waals surface area contributed by atoms with Crippen LogP contribution in [-0.2, 0) is 6.42 Å². The lowest BCUT2D eigenvalue weighted by atomic mass is 10.1. The second-order valence-corrected chi connectivity index (χ2v) is 4.97. The van der Waals surface area contributed by atoms with E-state index in [-0.39, 0.29) is 0 Å². The Kier molecular flexibility index (Phi) is 2.78. The highest BCUT2D eigenvalue weighted by atomic mass is 32.1. The molecule has 0 bridgehead atoms. The van der Waals surface area contributed by atoms with Gasteiger partial charge in [-0.25, -0.2) is 0 Å². The maximum atomic E-state index is 5.89. The second-order valence-electron chi connectivity index (χ2n) is 3.68. The molecule has 0 aliphatic rings. The minimum Gasteiger partial charge on any atom is -0.399 e. The van der Waals surface area contributed by atoms with Crippen LogP contribution in [0.4, 0.5) is 5.69 Å². The number of thiophene rings is 1. The number of benzene rings is 1. The van der Waals surface area contributed by atoms with E-state index in [0.29, 0.717) is 0 Å². The smallest absolute Gasteiger partial charge is 0.0346 e. The van der Waals surface area contributed by atoms with Crippen LogP contribution in [0.3, 0.4) is 0 Å². The molecule has 78 valence electrons. The van der Waals surface area contributed by atoms with Gasteiger partial charge in [0, 0.05) is 15.4 Å². The molecule has 0 aliphatic heterocycles. The summed E-state index contributed by atoms with van der Waals surface area (Å²) >= 11 is 1.83. The quantitative estimate of drug-likeness (QED) is 0.759. The van der Waals surface area contributed by atoms with Crippen molar-refractivity contribution in [2.24, 2.45) is 0 Å². The Hall–Kier alpha value is -1.28. The largest absolute Gasteiger partial charge is 0.399 e. The van der Waals surface area contributed by atoms with Crippen molar-refractivity contribution < 1.29 is 0 Å². The maximum Gasteiger partial charge on any atom is 0.0346 e. The topological polar surface area (TPSA) is 26.0 Å². The number of rotatable bonds is 2. The molecule has 2 rings (SSSR count). The fraction of sp³-hybridized carbons (Fsp3) is 0.231. The molecule has 0 saturated carbocycles. The van der Waals surface area contributed by atoms with Gasteiger partial charge in [-0.05, 0) is 48.7 Å². The summed E-state index contributed by atoms with van der Waals surface area (Å²) in [4.78, 5) is 2.67. The first kappa shape index (κ1) is 10.2. The lowest BCUT2D eigenvalue weighted by molar-refractivity contribution is 1.15. The highest BCUT2D eigenvalue weighted by Gasteiger charge is 2.03. The van der Waals surface area contributed by atoms with Crippen LogP contribution in [0.25, 0.3) is 10.4 Å². The van der Waals surface area contributed by atoms with Crippen molar-refractivity contribution in [2.45, 2.75) is 20.3 Å². The predicted molar refractivity (Wildman–Crippen MR) is 68.3 cm³/mol. The van der Waals surface area contributed by atoms with E-state index in [1.807, 2.05) is 17.4 Å². The molecule has 0 radical (unpaired) electrons. The molecule has 0 unspecified atom stereocenters. The van der Waals surface area contributed by atoms with Gasteiger partial charge in [0.25, 0.3) is 0 Å². The van der Waals surface area contributed by atoms with Crippen molar-refractivity contribution in [3.05, 3.63) is 40.8 Å². The third-order valence-corrected chi connectivity index (χ3v) is 3.60. The van der Waals surface area contributed by atoms with Gasteiger partial charge in [0.1, 0.15) is 0 Å². The first-order chi connectivity index (χ1) is 7.20. The van der Waals surface area contributed by atoms with E-state index in [4.69, 9.17) is 5.73 Å². The van der Waals surface area contributed by atoms with Gasteiger partial charge in [0.15, 0.2) is 0 Å². The van der Waals surface area contributed by atoms with Crippen LogP contribution in [-0.4, -0.2) is 0 Å². The zero-order valence-electron chi connectivity index (χ0n) is 9.08. The normalized spacial score (nSPS) is 10.5. The SMILES string of the molecule is CCc1cc(-c2ccc(C)s2)ccc1N. The molecule has 1 heterocycles. The van der Waals surface area contributed by atoms with Crippen molar-refractivity contribution in [1.29, 1.82) is 0 Å². The third-order valence-electron chi connectivity index (χ3n) is 2.55. The summed E-state index contributed by atoms with van der Waals surface area (Å²) in [5, 5.41) is 0. The average Bonchev–Trinajstić information content (AvgIpc) is 2.66. The highest BCUT2D eigenvalue weighted by molar-refractivity contribution is 7.15. The molecule has 1 nitrogen and oxygen atoms in total. The molecule has 0 aliphatic carbocycles. The first-order valence-corrected chi connectivity index (χ1v) is 5.97. The monoisotopic (exact) mass is 217 g/mol. The molecule has 0 fully saturated rings. The molecule has 2 heteroatoms. The number of aryl methyl sites for hydroxylation is 2. The van der Waals surface area contributed by atoms with Crippen LogP contribution in [0.15, 0.2) is 30.3 Å². The van der Waals surface area contributed by atoms with Crippen molar-refractivity contribution in [3.63, 3.8) is 0 Å². The van der Waals surface area contributed by atoms with Gasteiger partial charge in [-0.15, -0.1) is 11.3 Å². The molecule has 0 amide bonds. The Morgan fingerprint density at radius 2 is 2.00 bits per heavy atom. The first-order valence-electron chi connectivity index (χ1n) is 5.16. The van der Waals surface area contributed by atoms with Gasteiger partial charge in [-0.2, -0.15) is 0 Å². The highest BCUT2D eigenvalue weighted by Crippen LogP contribution is 2.29. The van der Waals surface area contributed by atoms with Gasteiger partial charge < -0.3 is 5.73 Å². The van der Waals surface area contributed by atoms with Crippen molar-refractivity contribution in [2.75, 3.05) is 5.73 Å². The third kappa shape index (κ3) is 2.05.